The lowest BCUT2D eigenvalue weighted by Crippen LogP contribution is -2.50. The molecule has 2 saturated heterocycles. The molecule has 0 bridgehead atoms. The number of hydrogen-bond donors (Lipinski definition) is 1. The molecule has 1 aromatic heterocycles. The lowest BCUT2D eigenvalue weighted by molar-refractivity contribution is 0.208. The highest BCUT2D eigenvalue weighted by Gasteiger charge is 2.23. The maximum Gasteiger partial charge on any atom is 0.321 e. The number of piperazine rings is 1. The summed E-state index contributed by atoms with van der Waals surface area (Å²) < 4.78 is 0. The van der Waals surface area contributed by atoms with Crippen LogP contribution in [-0.2, 0) is 0 Å². The first-order valence-corrected chi connectivity index (χ1v) is 10.2. The fourth-order valence-corrected chi connectivity index (χ4v) is 3.90. The van der Waals surface area contributed by atoms with E-state index in [1.165, 1.54) is 19.3 Å². The second-order valence-corrected chi connectivity index (χ2v) is 7.63. The van der Waals surface area contributed by atoms with Crippen molar-refractivity contribution < 1.29 is 4.79 Å². The summed E-state index contributed by atoms with van der Waals surface area (Å²) in [5.41, 5.74) is 0.710. The Morgan fingerprint density at radius 1 is 0.893 bits per heavy atom. The number of benzene rings is 1. The molecule has 148 valence electrons. The molecule has 0 saturated carbocycles. The zero-order valence-corrected chi connectivity index (χ0v) is 16.6. The van der Waals surface area contributed by atoms with Gasteiger partial charge in [0.05, 0.1) is 0 Å². The lowest BCUT2D eigenvalue weighted by Gasteiger charge is -2.36. The van der Waals surface area contributed by atoms with Crippen molar-refractivity contribution in [2.45, 2.75) is 19.3 Å². The molecule has 0 spiro atoms. The third kappa shape index (κ3) is 4.47. The van der Waals surface area contributed by atoms with Gasteiger partial charge in [0.1, 0.15) is 18.0 Å². The normalized spacial score (nSPS) is 17.5. The number of carbonyl (C=O) groups is 1. The molecule has 0 atom stereocenters. The van der Waals surface area contributed by atoms with Crippen LogP contribution in [0.3, 0.4) is 0 Å². The topological polar surface area (TPSA) is 64.6 Å². The van der Waals surface area contributed by atoms with E-state index in [1.54, 1.807) is 18.5 Å². The first kappa shape index (κ1) is 18.8. The smallest absolute Gasteiger partial charge is 0.321 e. The van der Waals surface area contributed by atoms with Crippen LogP contribution in [0.5, 0.6) is 0 Å². The van der Waals surface area contributed by atoms with Gasteiger partial charge in [0, 0.05) is 56.0 Å². The van der Waals surface area contributed by atoms with E-state index in [0.717, 1.165) is 37.8 Å². The summed E-state index contributed by atoms with van der Waals surface area (Å²) in [7, 11) is 0. The van der Waals surface area contributed by atoms with Crippen LogP contribution in [0.1, 0.15) is 19.3 Å². The molecule has 7 nitrogen and oxygen atoms in total. The predicted molar refractivity (Wildman–Crippen MR) is 112 cm³/mol. The van der Waals surface area contributed by atoms with Gasteiger partial charge < -0.3 is 20.0 Å². The minimum Gasteiger partial charge on any atom is -0.356 e. The van der Waals surface area contributed by atoms with E-state index >= 15 is 0 Å². The molecule has 2 fully saturated rings. The number of halogens is 1. The van der Waals surface area contributed by atoms with Gasteiger partial charge >= 0.3 is 6.03 Å². The van der Waals surface area contributed by atoms with Crippen molar-refractivity contribution in [1.29, 1.82) is 0 Å². The number of nitrogens with zero attached hydrogens (tertiary/aromatic N) is 5. The second-order valence-electron chi connectivity index (χ2n) is 7.20. The van der Waals surface area contributed by atoms with Crippen LogP contribution >= 0.6 is 11.6 Å². The van der Waals surface area contributed by atoms with Crippen LogP contribution in [0.15, 0.2) is 36.7 Å². The van der Waals surface area contributed by atoms with E-state index in [9.17, 15) is 4.79 Å². The molecule has 3 heterocycles. The Kier molecular flexibility index (Phi) is 5.81. The van der Waals surface area contributed by atoms with Crippen LogP contribution < -0.4 is 15.1 Å². The van der Waals surface area contributed by atoms with Gasteiger partial charge in [-0.25, -0.2) is 14.8 Å². The molecule has 2 aromatic rings. The van der Waals surface area contributed by atoms with E-state index < -0.39 is 0 Å². The van der Waals surface area contributed by atoms with Gasteiger partial charge in [0.25, 0.3) is 0 Å². The van der Waals surface area contributed by atoms with Crippen molar-refractivity contribution in [2.24, 2.45) is 0 Å². The number of urea groups is 1. The Hall–Kier alpha value is -2.54. The molecule has 2 amide bonds. The van der Waals surface area contributed by atoms with Crippen molar-refractivity contribution in [3.8, 4) is 0 Å². The summed E-state index contributed by atoms with van der Waals surface area (Å²) in [6.07, 6.45) is 5.39. The molecule has 0 aliphatic carbocycles. The number of hydrogen-bond acceptors (Lipinski definition) is 5. The quantitative estimate of drug-likeness (QED) is 0.854. The van der Waals surface area contributed by atoms with Crippen LogP contribution in [0.25, 0.3) is 0 Å². The zero-order valence-electron chi connectivity index (χ0n) is 15.9. The van der Waals surface area contributed by atoms with Crippen LogP contribution in [0, 0.1) is 0 Å². The van der Waals surface area contributed by atoms with Crippen molar-refractivity contribution in [3.63, 3.8) is 0 Å². The predicted octanol–water partition coefficient (Wildman–Crippen LogP) is 3.47. The number of rotatable bonds is 3. The molecule has 0 radical (unpaired) electrons. The third-order valence-electron chi connectivity index (χ3n) is 5.29. The summed E-state index contributed by atoms with van der Waals surface area (Å²) in [5, 5.41) is 3.52. The van der Waals surface area contributed by atoms with E-state index in [2.05, 4.69) is 31.2 Å². The molecule has 1 N–H and O–H groups in total. The highest BCUT2D eigenvalue weighted by Crippen LogP contribution is 2.22. The summed E-state index contributed by atoms with van der Waals surface area (Å²) in [6, 6.07) is 9.17. The van der Waals surface area contributed by atoms with Crippen molar-refractivity contribution in [1.82, 2.24) is 14.9 Å². The summed E-state index contributed by atoms with van der Waals surface area (Å²) in [5.74, 6) is 1.94. The van der Waals surface area contributed by atoms with E-state index in [-0.39, 0.29) is 6.03 Å². The maximum atomic E-state index is 12.5. The Morgan fingerprint density at radius 3 is 2.25 bits per heavy atom. The minimum atomic E-state index is -0.0985. The molecule has 0 unspecified atom stereocenters. The summed E-state index contributed by atoms with van der Waals surface area (Å²) in [4.78, 5) is 27.8. The van der Waals surface area contributed by atoms with Crippen LogP contribution in [0.2, 0.25) is 5.02 Å². The average molecular weight is 401 g/mol. The first-order valence-electron chi connectivity index (χ1n) is 9.82. The molecular formula is C20H25ClN6O. The standard InChI is InChI=1S/C20H25ClN6O/c21-16-5-4-6-17(13-16)24-20(28)27-11-9-26(10-12-27)19-14-18(22-15-23-19)25-7-2-1-3-8-25/h4-6,13-15H,1-3,7-12H2,(H,24,28). The van der Waals surface area contributed by atoms with Gasteiger partial charge in [0.15, 0.2) is 0 Å². The van der Waals surface area contributed by atoms with Crippen molar-refractivity contribution in [3.05, 3.63) is 41.7 Å². The van der Waals surface area contributed by atoms with Gasteiger partial charge in [-0.05, 0) is 37.5 Å². The largest absolute Gasteiger partial charge is 0.356 e. The summed E-state index contributed by atoms with van der Waals surface area (Å²) in [6.45, 7) is 4.92. The highest BCUT2D eigenvalue weighted by molar-refractivity contribution is 6.30. The Labute approximate surface area is 170 Å². The fourth-order valence-electron chi connectivity index (χ4n) is 3.71. The molecule has 4 rings (SSSR count). The van der Waals surface area contributed by atoms with Crippen LogP contribution in [-0.4, -0.2) is 60.2 Å². The number of carbonyl (C=O) groups excluding carboxylic acids is 1. The van der Waals surface area contributed by atoms with E-state index in [1.807, 2.05) is 17.0 Å². The minimum absolute atomic E-state index is 0.0985. The first-order chi connectivity index (χ1) is 13.7. The number of anilines is 3. The number of piperidine rings is 1. The van der Waals surface area contributed by atoms with E-state index in [0.29, 0.717) is 23.8 Å². The van der Waals surface area contributed by atoms with Crippen molar-refractivity contribution in [2.75, 3.05) is 54.4 Å². The zero-order chi connectivity index (χ0) is 19.3. The fraction of sp³-hybridized carbons (Fsp3) is 0.450. The maximum absolute atomic E-state index is 12.5. The molecule has 2 aliphatic heterocycles. The number of amides is 2. The monoisotopic (exact) mass is 400 g/mol. The Morgan fingerprint density at radius 2 is 1.57 bits per heavy atom. The number of aromatic nitrogens is 2. The van der Waals surface area contributed by atoms with Gasteiger partial charge in [-0.15, -0.1) is 0 Å². The van der Waals surface area contributed by atoms with E-state index in [4.69, 9.17) is 11.6 Å². The third-order valence-corrected chi connectivity index (χ3v) is 5.52. The van der Waals surface area contributed by atoms with Crippen LogP contribution in [0.4, 0.5) is 22.1 Å². The molecule has 1 aromatic carbocycles. The molecule has 2 aliphatic rings. The van der Waals surface area contributed by atoms with Crippen molar-refractivity contribution >= 4 is 35.0 Å². The van der Waals surface area contributed by atoms with Gasteiger partial charge in [-0.2, -0.15) is 0 Å². The van der Waals surface area contributed by atoms with Gasteiger partial charge in [-0.3, -0.25) is 0 Å². The highest BCUT2D eigenvalue weighted by atomic mass is 35.5. The Bertz CT molecular complexity index is 818. The SMILES string of the molecule is O=C(Nc1cccc(Cl)c1)N1CCN(c2cc(N3CCCCC3)ncn2)CC1. The molecule has 8 heteroatoms. The number of nitrogens with one attached hydrogen (secondary N) is 1. The average Bonchev–Trinajstić information content (AvgIpc) is 2.75. The van der Waals surface area contributed by atoms with Gasteiger partial charge in [0.2, 0.25) is 0 Å². The Balaban J connectivity index is 1.34. The van der Waals surface area contributed by atoms with Gasteiger partial charge in [-0.1, -0.05) is 17.7 Å². The second kappa shape index (κ2) is 8.65. The molecule has 28 heavy (non-hydrogen) atoms. The molecular weight excluding hydrogens is 376 g/mol. The lowest BCUT2D eigenvalue weighted by atomic mass is 10.1. The summed E-state index contributed by atoms with van der Waals surface area (Å²) >= 11 is 5.98.